The molecule has 0 aromatic heterocycles. The van der Waals surface area contributed by atoms with Crippen LogP contribution in [0.25, 0.3) is 0 Å². The summed E-state index contributed by atoms with van der Waals surface area (Å²) in [6, 6.07) is -1.54. The summed E-state index contributed by atoms with van der Waals surface area (Å²) in [4.78, 5) is 45.9. The summed E-state index contributed by atoms with van der Waals surface area (Å²) >= 11 is 0. The van der Waals surface area contributed by atoms with E-state index < -0.39 is 63.8 Å². The number of aliphatic hydroxyl groups is 1. The van der Waals surface area contributed by atoms with Crippen LogP contribution in [-0.2, 0) is 37.5 Å². The van der Waals surface area contributed by atoms with Crippen molar-refractivity contribution in [2.24, 2.45) is 5.73 Å². The van der Waals surface area contributed by atoms with Gasteiger partial charge in [0.15, 0.2) is 6.10 Å². The average molecular weight is 826 g/mol. The minimum Gasteiger partial charge on any atom is -0.480 e. The van der Waals surface area contributed by atoms with Gasteiger partial charge in [0.25, 0.3) is 0 Å². The van der Waals surface area contributed by atoms with Gasteiger partial charge in [-0.2, -0.15) is 0 Å². The van der Waals surface area contributed by atoms with E-state index in [0.29, 0.717) is 25.7 Å². The van der Waals surface area contributed by atoms with E-state index in [4.69, 9.17) is 24.8 Å². The summed E-state index contributed by atoms with van der Waals surface area (Å²) in [6.07, 6.45) is 40.3. The number of ether oxygens (including phenoxy) is 2. The number of carboxylic acids is 1. The summed E-state index contributed by atoms with van der Waals surface area (Å²) < 4.78 is 32.6. The highest BCUT2D eigenvalue weighted by Crippen LogP contribution is 2.43. The molecule has 328 valence electrons. The van der Waals surface area contributed by atoms with Crippen molar-refractivity contribution < 1.29 is 52.6 Å². The number of hydrogen-bond donors (Lipinski definition) is 4. The second kappa shape index (κ2) is 38.6. The van der Waals surface area contributed by atoms with Gasteiger partial charge in [-0.15, -0.1) is 0 Å². The van der Waals surface area contributed by atoms with E-state index in [1.807, 2.05) is 18.2 Å². The summed E-state index contributed by atoms with van der Waals surface area (Å²) in [5.74, 6) is -2.54. The van der Waals surface area contributed by atoms with Gasteiger partial charge in [-0.25, -0.2) is 4.57 Å². The third-order valence-electron chi connectivity index (χ3n) is 8.82. The molecular formula is C44H76NO11P. The summed E-state index contributed by atoms with van der Waals surface area (Å²) in [7, 11) is -4.75. The SMILES string of the molecule is CCCCC/C=C\C/C=C\CC(O)/C=C\C=C\CCCC(=O)OC[C@H](COP(=O)(O)OC[C@H](N)C(=O)O)OC(=O)CCCCCCCCC/C=C\CCCCCC. The Bertz CT molecular complexity index is 1220. The molecule has 5 N–H and O–H groups in total. The molecule has 0 aromatic carbocycles. The molecule has 0 fully saturated rings. The number of hydrogen-bond acceptors (Lipinski definition) is 10. The predicted molar refractivity (Wildman–Crippen MR) is 227 cm³/mol. The van der Waals surface area contributed by atoms with Crippen molar-refractivity contribution >= 4 is 25.7 Å². The number of carboxylic acid groups (broad SMARTS) is 1. The lowest BCUT2D eigenvalue weighted by atomic mass is 10.1. The van der Waals surface area contributed by atoms with E-state index in [2.05, 4.69) is 42.7 Å². The molecule has 0 saturated carbocycles. The maximum absolute atomic E-state index is 12.6. The quantitative estimate of drug-likeness (QED) is 0.0151. The van der Waals surface area contributed by atoms with Crippen molar-refractivity contribution in [2.45, 2.75) is 180 Å². The Morgan fingerprint density at radius 2 is 1.16 bits per heavy atom. The van der Waals surface area contributed by atoms with Crippen molar-refractivity contribution in [1.29, 1.82) is 0 Å². The standard InChI is InChI=1S/C44H76NO11P/c1-3-5-7-9-11-13-14-15-16-17-18-20-22-26-31-35-43(48)56-40(37-54-57(51,52)55-38-41(45)44(49)50)36-53-42(47)34-30-27-23-25-29-33-39(46)32-28-24-21-19-12-10-8-6-4-2/h12-14,19,23-25,28-29,33,39-41,46H,3-11,15-18,20-22,26-27,30-32,34-38,45H2,1-2H3,(H,49,50)(H,51,52)/b14-13-,19-12-,25-23+,28-24-,33-29-/t39?,40-,41+/m1/s1. The highest BCUT2D eigenvalue weighted by Gasteiger charge is 2.28. The van der Waals surface area contributed by atoms with Crippen molar-refractivity contribution in [1.82, 2.24) is 0 Å². The van der Waals surface area contributed by atoms with Gasteiger partial charge in [0.1, 0.15) is 12.6 Å². The first kappa shape index (κ1) is 54.1. The van der Waals surface area contributed by atoms with Crippen LogP contribution in [0.4, 0.5) is 0 Å². The van der Waals surface area contributed by atoms with Gasteiger partial charge in [0, 0.05) is 12.8 Å². The predicted octanol–water partition coefficient (Wildman–Crippen LogP) is 10.1. The van der Waals surface area contributed by atoms with E-state index in [0.717, 1.165) is 44.9 Å². The smallest absolute Gasteiger partial charge is 0.472 e. The molecule has 0 aliphatic carbocycles. The Hall–Kier alpha value is -2.86. The van der Waals surface area contributed by atoms with Crippen LogP contribution in [-0.4, -0.2) is 71.1 Å². The highest BCUT2D eigenvalue weighted by atomic mass is 31.2. The number of unbranched alkanes of at least 4 members (excludes halogenated alkanes) is 15. The van der Waals surface area contributed by atoms with Crippen molar-refractivity contribution in [3.05, 3.63) is 60.8 Å². The van der Waals surface area contributed by atoms with Crippen LogP contribution >= 0.6 is 7.82 Å². The number of carbonyl (C=O) groups excluding carboxylic acids is 2. The van der Waals surface area contributed by atoms with Crippen LogP contribution in [0.15, 0.2) is 60.8 Å². The number of phosphoric ester groups is 1. The van der Waals surface area contributed by atoms with Crippen LogP contribution in [0, 0.1) is 0 Å². The van der Waals surface area contributed by atoms with Crippen molar-refractivity contribution in [2.75, 3.05) is 19.8 Å². The normalized spacial score (nSPS) is 14.9. The number of rotatable bonds is 39. The van der Waals surface area contributed by atoms with E-state index in [1.54, 1.807) is 18.2 Å². The third-order valence-corrected chi connectivity index (χ3v) is 9.77. The van der Waals surface area contributed by atoms with E-state index in [9.17, 15) is 28.9 Å². The molecule has 0 radical (unpaired) electrons. The molecule has 0 amide bonds. The van der Waals surface area contributed by atoms with Crippen LogP contribution in [0.2, 0.25) is 0 Å². The van der Waals surface area contributed by atoms with Gasteiger partial charge >= 0.3 is 25.7 Å². The lowest BCUT2D eigenvalue weighted by Gasteiger charge is -2.20. The van der Waals surface area contributed by atoms with Gasteiger partial charge in [0.05, 0.1) is 19.3 Å². The molecule has 0 aliphatic rings. The number of carbonyl (C=O) groups is 3. The molecule has 12 nitrogen and oxygen atoms in total. The molecule has 0 aromatic rings. The minimum atomic E-state index is -4.75. The van der Waals surface area contributed by atoms with E-state index in [1.165, 1.54) is 64.2 Å². The van der Waals surface area contributed by atoms with E-state index >= 15 is 0 Å². The topological polar surface area (TPSA) is 192 Å². The zero-order valence-electron chi connectivity index (χ0n) is 35.0. The number of aliphatic hydroxyl groups excluding tert-OH is 1. The maximum atomic E-state index is 12.6. The molecule has 0 heterocycles. The fraction of sp³-hybridized carbons (Fsp3) is 0.705. The second-order valence-electron chi connectivity index (χ2n) is 14.3. The van der Waals surface area contributed by atoms with Crippen LogP contribution in [0.5, 0.6) is 0 Å². The molecule has 2 unspecified atom stereocenters. The summed E-state index contributed by atoms with van der Waals surface area (Å²) in [5, 5.41) is 19.0. The summed E-state index contributed by atoms with van der Waals surface area (Å²) in [6.45, 7) is 2.60. The fourth-order valence-electron chi connectivity index (χ4n) is 5.37. The van der Waals surface area contributed by atoms with Gasteiger partial charge < -0.3 is 30.3 Å². The Labute approximate surface area is 343 Å². The lowest BCUT2D eigenvalue weighted by Crippen LogP contribution is -2.34. The minimum absolute atomic E-state index is 0.0839. The molecule has 13 heteroatoms. The van der Waals surface area contributed by atoms with Crippen molar-refractivity contribution in [3.63, 3.8) is 0 Å². The Kier molecular flexibility index (Phi) is 36.7. The van der Waals surface area contributed by atoms with Crippen LogP contribution in [0.1, 0.15) is 162 Å². The number of phosphoric acid groups is 1. The highest BCUT2D eigenvalue weighted by molar-refractivity contribution is 7.47. The Balaban J connectivity index is 4.57. The van der Waals surface area contributed by atoms with Gasteiger partial charge in [0.2, 0.25) is 0 Å². The van der Waals surface area contributed by atoms with Crippen molar-refractivity contribution in [3.8, 4) is 0 Å². The Morgan fingerprint density at radius 3 is 1.82 bits per heavy atom. The molecule has 0 saturated heterocycles. The molecule has 0 aliphatic heterocycles. The summed E-state index contributed by atoms with van der Waals surface area (Å²) in [5.41, 5.74) is 5.32. The van der Waals surface area contributed by atoms with Gasteiger partial charge in [-0.05, 0) is 70.6 Å². The first-order valence-corrected chi connectivity index (χ1v) is 22.9. The number of aliphatic carboxylic acids is 1. The molecule has 4 atom stereocenters. The van der Waals surface area contributed by atoms with Crippen LogP contribution in [0.3, 0.4) is 0 Å². The maximum Gasteiger partial charge on any atom is 0.472 e. The molecule has 0 bridgehead atoms. The van der Waals surface area contributed by atoms with Gasteiger partial charge in [-0.3, -0.25) is 23.4 Å². The first-order chi connectivity index (χ1) is 27.5. The monoisotopic (exact) mass is 826 g/mol. The zero-order chi connectivity index (χ0) is 42.2. The van der Waals surface area contributed by atoms with Gasteiger partial charge in [-0.1, -0.05) is 139 Å². The number of esters is 2. The number of nitrogens with two attached hydrogens (primary N) is 1. The number of allylic oxidation sites excluding steroid dienone is 8. The van der Waals surface area contributed by atoms with Crippen LogP contribution < -0.4 is 5.73 Å². The molecule has 0 spiro atoms. The zero-order valence-corrected chi connectivity index (χ0v) is 35.9. The largest absolute Gasteiger partial charge is 0.480 e. The lowest BCUT2D eigenvalue weighted by molar-refractivity contribution is -0.161. The second-order valence-corrected chi connectivity index (χ2v) is 15.8. The average Bonchev–Trinajstić information content (AvgIpc) is 3.18. The van der Waals surface area contributed by atoms with E-state index in [-0.39, 0.29) is 12.8 Å². The third kappa shape index (κ3) is 38.4. The Morgan fingerprint density at radius 1 is 0.632 bits per heavy atom. The molecule has 0 rings (SSSR count). The first-order valence-electron chi connectivity index (χ1n) is 21.4. The fourth-order valence-corrected chi connectivity index (χ4v) is 6.14. The molecular weight excluding hydrogens is 749 g/mol. The molecule has 57 heavy (non-hydrogen) atoms.